The van der Waals surface area contributed by atoms with Crippen LogP contribution in [0.25, 0.3) is 96.8 Å². The normalized spacial score (nSPS) is 11.9. The molecule has 0 spiro atoms. The van der Waals surface area contributed by atoms with Crippen LogP contribution in [-0.2, 0) is 0 Å². The van der Waals surface area contributed by atoms with Crippen molar-refractivity contribution in [3.8, 4) is 33.4 Å². The molecule has 0 radical (unpaired) electrons. The first-order valence-electron chi connectivity index (χ1n) is 15.7. The number of hydrogen-bond acceptors (Lipinski definition) is 2. The van der Waals surface area contributed by atoms with Crippen LogP contribution in [-0.4, -0.2) is 0 Å². The second-order valence-corrected chi connectivity index (χ2v) is 13.1. The van der Waals surface area contributed by atoms with Crippen LogP contribution >= 0.6 is 11.3 Å². The van der Waals surface area contributed by atoms with Gasteiger partial charge in [0.1, 0.15) is 5.58 Å². The molecule has 2 heteroatoms. The summed E-state index contributed by atoms with van der Waals surface area (Å²) in [5.41, 5.74) is 8.31. The second kappa shape index (κ2) is 9.90. The summed E-state index contributed by atoms with van der Waals surface area (Å²) in [4.78, 5) is 0. The molecule has 2 aromatic heterocycles. The van der Waals surface area contributed by atoms with Gasteiger partial charge in [-0.25, -0.2) is 0 Å². The molecule has 0 saturated heterocycles. The second-order valence-electron chi connectivity index (χ2n) is 12.0. The minimum Gasteiger partial charge on any atom is -0.464 e. The van der Waals surface area contributed by atoms with E-state index in [0.717, 1.165) is 11.1 Å². The van der Waals surface area contributed by atoms with Crippen molar-refractivity contribution in [3.63, 3.8) is 0 Å². The number of hydrogen-bond donors (Lipinski definition) is 0. The Balaban J connectivity index is 1.25. The van der Waals surface area contributed by atoms with E-state index in [4.69, 9.17) is 4.42 Å². The largest absolute Gasteiger partial charge is 0.464 e. The Morgan fingerprint density at radius 3 is 1.74 bits per heavy atom. The molecule has 0 atom stereocenters. The number of rotatable bonds is 3. The van der Waals surface area contributed by atoms with Crippen molar-refractivity contribution in [1.82, 2.24) is 0 Å². The lowest BCUT2D eigenvalue weighted by Crippen LogP contribution is -1.91. The van der Waals surface area contributed by atoms with Gasteiger partial charge in [0.25, 0.3) is 0 Å². The Morgan fingerprint density at radius 2 is 1.02 bits per heavy atom. The molecule has 0 amide bonds. The predicted molar refractivity (Wildman–Crippen MR) is 198 cm³/mol. The zero-order chi connectivity index (χ0) is 30.2. The van der Waals surface area contributed by atoms with Gasteiger partial charge in [-0.15, -0.1) is 11.3 Å². The van der Waals surface area contributed by atoms with Crippen LogP contribution in [0.2, 0.25) is 0 Å². The fourth-order valence-corrected chi connectivity index (χ4v) is 8.67. The maximum absolute atomic E-state index is 6.07. The van der Waals surface area contributed by atoms with E-state index in [1.165, 1.54) is 85.7 Å². The molecule has 0 unspecified atom stereocenters. The lowest BCUT2D eigenvalue weighted by atomic mass is 9.85. The topological polar surface area (TPSA) is 13.1 Å². The van der Waals surface area contributed by atoms with Crippen LogP contribution in [0, 0.1) is 0 Å². The van der Waals surface area contributed by atoms with E-state index in [1.54, 1.807) is 0 Å². The van der Waals surface area contributed by atoms with E-state index in [-0.39, 0.29) is 0 Å². The summed E-state index contributed by atoms with van der Waals surface area (Å²) in [5.74, 6) is 0. The molecule has 0 saturated carbocycles. The van der Waals surface area contributed by atoms with Crippen molar-refractivity contribution in [2.45, 2.75) is 0 Å². The van der Waals surface area contributed by atoms with E-state index in [9.17, 15) is 0 Å². The van der Waals surface area contributed by atoms with Gasteiger partial charge >= 0.3 is 0 Å². The highest BCUT2D eigenvalue weighted by Gasteiger charge is 2.19. The molecule has 46 heavy (non-hydrogen) atoms. The maximum atomic E-state index is 6.07. The Morgan fingerprint density at radius 1 is 0.413 bits per heavy atom. The third-order valence-corrected chi connectivity index (χ3v) is 10.7. The van der Waals surface area contributed by atoms with Gasteiger partial charge in [-0.2, -0.15) is 0 Å². The minimum atomic E-state index is 0.930. The van der Waals surface area contributed by atoms with E-state index >= 15 is 0 Å². The molecule has 0 bridgehead atoms. The van der Waals surface area contributed by atoms with Gasteiger partial charge in [0.15, 0.2) is 0 Å². The number of benzene rings is 8. The van der Waals surface area contributed by atoms with E-state index in [0.29, 0.717) is 0 Å². The van der Waals surface area contributed by atoms with Crippen molar-refractivity contribution in [2.75, 3.05) is 0 Å². The summed E-state index contributed by atoms with van der Waals surface area (Å²) in [7, 11) is 0. The molecule has 0 N–H and O–H groups in total. The van der Waals surface area contributed by atoms with Crippen LogP contribution < -0.4 is 0 Å². The fourth-order valence-electron chi connectivity index (χ4n) is 7.44. The van der Waals surface area contributed by atoms with Gasteiger partial charge < -0.3 is 4.42 Å². The lowest BCUT2D eigenvalue weighted by molar-refractivity contribution is 0.617. The summed E-state index contributed by atoms with van der Waals surface area (Å²) in [6.07, 6.45) is 1.91. The average Bonchev–Trinajstić information content (AvgIpc) is 3.72. The number of furan rings is 1. The first-order chi connectivity index (χ1) is 22.8. The summed E-state index contributed by atoms with van der Waals surface area (Å²) in [6, 6.07) is 55.3. The van der Waals surface area contributed by atoms with Gasteiger partial charge in [0, 0.05) is 31.1 Å². The summed E-state index contributed by atoms with van der Waals surface area (Å²) >= 11 is 1.86. The quantitative estimate of drug-likeness (QED) is 0.183. The van der Waals surface area contributed by atoms with Crippen LogP contribution in [0.3, 0.4) is 0 Å². The van der Waals surface area contributed by atoms with Crippen molar-refractivity contribution < 1.29 is 4.42 Å². The summed E-state index contributed by atoms with van der Waals surface area (Å²) in [5, 5.41) is 11.4. The molecule has 10 rings (SSSR count). The highest BCUT2D eigenvalue weighted by molar-refractivity contribution is 7.26. The maximum Gasteiger partial charge on any atom is 0.135 e. The van der Waals surface area contributed by atoms with Crippen molar-refractivity contribution in [1.29, 1.82) is 0 Å². The van der Waals surface area contributed by atoms with Gasteiger partial charge in [-0.05, 0) is 90.5 Å². The summed E-state index contributed by atoms with van der Waals surface area (Å²) < 4.78 is 8.64. The standard InChI is InChI=1S/C44H26OS/c1-2-11-28(12-3-1)38-26-45-39-22-21-36-37-25-31(20-23-40(37)46-44(36)43(38)39)42-34-16-8-6-14-32(34)41(33-15-7-9-17-35(33)42)30-19-18-27-10-4-5-13-29(27)24-30/h1-26H. The predicted octanol–water partition coefficient (Wildman–Crippen LogP) is 13.3. The van der Waals surface area contributed by atoms with E-state index in [1.807, 2.05) is 17.6 Å². The zero-order valence-electron chi connectivity index (χ0n) is 24.8. The smallest absolute Gasteiger partial charge is 0.135 e. The Hall–Kier alpha value is -5.70. The van der Waals surface area contributed by atoms with Gasteiger partial charge in [-0.1, -0.05) is 121 Å². The average molecular weight is 603 g/mol. The van der Waals surface area contributed by atoms with E-state index in [2.05, 4.69) is 152 Å². The van der Waals surface area contributed by atoms with Gasteiger partial charge in [0.05, 0.1) is 6.26 Å². The molecule has 0 aliphatic heterocycles. The number of thiophene rings is 1. The fraction of sp³-hybridized carbons (Fsp3) is 0. The first-order valence-corrected chi connectivity index (χ1v) is 16.5. The number of fused-ring (bicyclic) bond motifs is 8. The van der Waals surface area contributed by atoms with Crippen molar-refractivity contribution in [3.05, 3.63) is 158 Å². The molecule has 8 aromatic carbocycles. The highest BCUT2D eigenvalue weighted by atomic mass is 32.1. The first kappa shape index (κ1) is 25.6. The third-order valence-electron chi connectivity index (χ3n) is 9.52. The molecular formula is C44H26OS. The molecule has 0 fully saturated rings. The lowest BCUT2D eigenvalue weighted by Gasteiger charge is -2.18. The Labute approximate surface area is 269 Å². The molecule has 10 aromatic rings. The molecule has 0 aliphatic rings. The molecule has 0 aliphatic carbocycles. The SMILES string of the molecule is c1ccc(-c2coc3ccc4c5cc(-c6c7ccccc7c(-c7ccc8ccccc8c7)c7ccccc67)ccc5sc4c23)cc1. The van der Waals surface area contributed by atoms with Crippen LogP contribution in [0.4, 0.5) is 0 Å². The van der Waals surface area contributed by atoms with Crippen molar-refractivity contribution in [2.24, 2.45) is 0 Å². The zero-order valence-corrected chi connectivity index (χ0v) is 25.6. The van der Waals surface area contributed by atoms with Crippen LogP contribution in [0.1, 0.15) is 0 Å². The molecular weight excluding hydrogens is 577 g/mol. The Bertz CT molecular complexity index is 2740. The van der Waals surface area contributed by atoms with Crippen molar-refractivity contribution >= 4 is 74.8 Å². The highest BCUT2D eigenvalue weighted by Crippen LogP contribution is 2.47. The van der Waals surface area contributed by atoms with E-state index < -0.39 is 0 Å². The molecule has 214 valence electrons. The molecule has 1 nitrogen and oxygen atoms in total. The minimum absolute atomic E-state index is 0.930. The monoisotopic (exact) mass is 602 g/mol. The van der Waals surface area contributed by atoms with Gasteiger partial charge in [-0.3, -0.25) is 0 Å². The Kier molecular flexibility index (Phi) is 5.51. The summed E-state index contributed by atoms with van der Waals surface area (Å²) in [6.45, 7) is 0. The van der Waals surface area contributed by atoms with Crippen LogP contribution in [0.15, 0.2) is 162 Å². The van der Waals surface area contributed by atoms with Crippen LogP contribution in [0.5, 0.6) is 0 Å². The third kappa shape index (κ3) is 3.74. The molecule has 2 heterocycles. The van der Waals surface area contributed by atoms with Gasteiger partial charge in [0.2, 0.25) is 0 Å².